The van der Waals surface area contributed by atoms with E-state index < -0.39 is 0 Å². The molecule has 17 heavy (non-hydrogen) atoms. The number of hydrogen-bond donors (Lipinski definition) is 1. The summed E-state index contributed by atoms with van der Waals surface area (Å²) in [7, 11) is 0. The van der Waals surface area contributed by atoms with E-state index in [0.29, 0.717) is 12.1 Å². The van der Waals surface area contributed by atoms with Crippen molar-refractivity contribution >= 4 is 0 Å². The molecule has 4 nitrogen and oxygen atoms in total. The van der Waals surface area contributed by atoms with E-state index in [4.69, 9.17) is 15.2 Å². The Morgan fingerprint density at radius 3 is 2.94 bits per heavy atom. The maximum absolute atomic E-state index is 6.08. The lowest BCUT2D eigenvalue weighted by molar-refractivity contribution is -0.108. The minimum absolute atomic E-state index is 0.0322. The topological polar surface area (TPSA) is 47.7 Å². The van der Waals surface area contributed by atoms with Crippen LogP contribution in [0.2, 0.25) is 0 Å². The molecule has 0 aromatic rings. The second-order valence-corrected chi connectivity index (χ2v) is 5.88. The summed E-state index contributed by atoms with van der Waals surface area (Å²) in [6.45, 7) is 4.84. The van der Waals surface area contributed by atoms with E-state index in [2.05, 4.69) is 4.90 Å². The van der Waals surface area contributed by atoms with Gasteiger partial charge in [-0.15, -0.1) is 0 Å². The van der Waals surface area contributed by atoms with Gasteiger partial charge in [0.05, 0.1) is 12.2 Å². The highest BCUT2D eigenvalue weighted by atomic mass is 16.6. The lowest BCUT2D eigenvalue weighted by atomic mass is 9.88. The summed E-state index contributed by atoms with van der Waals surface area (Å²) >= 11 is 0. The monoisotopic (exact) mass is 240 g/mol. The number of nitrogens with zero attached hydrogens (tertiary/aromatic N) is 1. The van der Waals surface area contributed by atoms with Crippen molar-refractivity contribution < 1.29 is 9.47 Å². The highest BCUT2D eigenvalue weighted by molar-refractivity contribution is 4.94. The predicted octanol–water partition coefficient (Wildman–Crippen LogP) is 0.748. The fraction of sp³-hybridized carbons (Fsp3) is 1.00. The first-order valence-corrected chi connectivity index (χ1v) is 6.99. The van der Waals surface area contributed by atoms with Crippen molar-refractivity contribution in [3.05, 3.63) is 0 Å². The van der Waals surface area contributed by atoms with E-state index in [1.54, 1.807) is 0 Å². The second kappa shape index (κ2) is 4.84. The molecule has 98 valence electrons. The van der Waals surface area contributed by atoms with Crippen molar-refractivity contribution in [3.8, 4) is 0 Å². The fourth-order valence-electron chi connectivity index (χ4n) is 3.55. The highest BCUT2D eigenvalue weighted by Gasteiger charge is 2.42. The van der Waals surface area contributed by atoms with Gasteiger partial charge in [0.15, 0.2) is 0 Å². The first-order valence-electron chi connectivity index (χ1n) is 6.99. The SMILES string of the molecule is NC1CCCN(C2CCOC3(CCOC3)C2)C1. The third-order valence-corrected chi connectivity index (χ3v) is 4.54. The average molecular weight is 240 g/mol. The number of piperidine rings is 1. The zero-order valence-electron chi connectivity index (χ0n) is 10.6. The van der Waals surface area contributed by atoms with Gasteiger partial charge in [-0.25, -0.2) is 0 Å². The summed E-state index contributed by atoms with van der Waals surface area (Å²) in [6.07, 6.45) is 5.81. The van der Waals surface area contributed by atoms with E-state index in [-0.39, 0.29) is 5.60 Å². The van der Waals surface area contributed by atoms with Crippen molar-refractivity contribution in [2.45, 2.75) is 49.8 Å². The molecule has 0 amide bonds. The van der Waals surface area contributed by atoms with E-state index >= 15 is 0 Å². The third kappa shape index (κ3) is 2.50. The molecule has 0 aromatic carbocycles. The second-order valence-electron chi connectivity index (χ2n) is 5.88. The van der Waals surface area contributed by atoms with E-state index in [1.165, 1.54) is 19.4 Å². The van der Waals surface area contributed by atoms with Crippen LogP contribution in [0.1, 0.15) is 32.1 Å². The first-order chi connectivity index (χ1) is 8.27. The van der Waals surface area contributed by atoms with Crippen molar-refractivity contribution in [2.24, 2.45) is 5.73 Å². The van der Waals surface area contributed by atoms with Crippen LogP contribution in [-0.2, 0) is 9.47 Å². The Morgan fingerprint density at radius 2 is 2.18 bits per heavy atom. The van der Waals surface area contributed by atoms with Crippen LogP contribution >= 0.6 is 0 Å². The number of ether oxygens (including phenoxy) is 2. The van der Waals surface area contributed by atoms with Crippen LogP contribution in [0, 0.1) is 0 Å². The molecular formula is C13H24N2O2. The summed E-state index contributed by atoms with van der Waals surface area (Å²) in [5.74, 6) is 0. The minimum Gasteiger partial charge on any atom is -0.378 e. The lowest BCUT2D eigenvalue weighted by Gasteiger charge is -2.44. The van der Waals surface area contributed by atoms with Crippen LogP contribution in [0.3, 0.4) is 0 Å². The molecule has 3 saturated heterocycles. The highest BCUT2D eigenvalue weighted by Crippen LogP contribution is 2.35. The lowest BCUT2D eigenvalue weighted by Crippen LogP contribution is -2.53. The van der Waals surface area contributed by atoms with Crippen LogP contribution < -0.4 is 5.73 Å². The molecule has 1 spiro atoms. The molecule has 4 heteroatoms. The summed E-state index contributed by atoms with van der Waals surface area (Å²) in [5.41, 5.74) is 6.11. The van der Waals surface area contributed by atoms with Gasteiger partial charge in [0.25, 0.3) is 0 Å². The minimum atomic E-state index is 0.0322. The predicted molar refractivity (Wildman–Crippen MR) is 65.9 cm³/mol. The largest absolute Gasteiger partial charge is 0.378 e. The van der Waals surface area contributed by atoms with Gasteiger partial charge in [-0.3, -0.25) is 4.90 Å². The standard InChI is InChI=1S/C13H24N2O2/c14-11-2-1-5-15(9-11)12-3-6-17-13(8-12)4-7-16-10-13/h11-12H,1-10,14H2. The smallest absolute Gasteiger partial charge is 0.0951 e. The molecule has 0 bridgehead atoms. The average Bonchev–Trinajstić information content (AvgIpc) is 2.77. The van der Waals surface area contributed by atoms with Gasteiger partial charge < -0.3 is 15.2 Å². The Kier molecular flexibility index (Phi) is 3.39. The summed E-state index contributed by atoms with van der Waals surface area (Å²) in [5, 5.41) is 0. The Morgan fingerprint density at radius 1 is 1.24 bits per heavy atom. The molecule has 3 rings (SSSR count). The van der Waals surface area contributed by atoms with Crippen molar-refractivity contribution in [2.75, 3.05) is 32.9 Å². The normalized spacial score (nSPS) is 44.3. The molecule has 3 aliphatic rings. The molecule has 3 aliphatic heterocycles. The van der Waals surface area contributed by atoms with Crippen LogP contribution in [0.15, 0.2) is 0 Å². The van der Waals surface area contributed by atoms with Gasteiger partial charge in [0, 0.05) is 38.3 Å². The Labute approximate surface area is 103 Å². The number of rotatable bonds is 1. The summed E-state index contributed by atoms with van der Waals surface area (Å²) in [4.78, 5) is 2.59. The van der Waals surface area contributed by atoms with Crippen LogP contribution in [0.25, 0.3) is 0 Å². The Balaban J connectivity index is 1.62. The fourth-order valence-corrected chi connectivity index (χ4v) is 3.55. The van der Waals surface area contributed by atoms with Crippen molar-refractivity contribution in [1.29, 1.82) is 0 Å². The molecule has 3 heterocycles. The Hall–Kier alpha value is -0.160. The molecule has 2 N–H and O–H groups in total. The summed E-state index contributed by atoms with van der Waals surface area (Å²) in [6, 6.07) is 1.04. The molecular weight excluding hydrogens is 216 g/mol. The first kappa shape index (κ1) is 11.9. The molecule has 3 unspecified atom stereocenters. The quantitative estimate of drug-likeness (QED) is 0.734. The molecule has 3 atom stereocenters. The van der Waals surface area contributed by atoms with E-state index in [9.17, 15) is 0 Å². The van der Waals surface area contributed by atoms with Crippen molar-refractivity contribution in [3.63, 3.8) is 0 Å². The van der Waals surface area contributed by atoms with Gasteiger partial charge >= 0.3 is 0 Å². The van der Waals surface area contributed by atoms with Gasteiger partial charge in [0.1, 0.15) is 0 Å². The number of likely N-dealkylation sites (tertiary alicyclic amines) is 1. The zero-order valence-corrected chi connectivity index (χ0v) is 10.6. The zero-order chi connectivity index (χ0) is 11.7. The molecule has 0 aliphatic carbocycles. The van der Waals surface area contributed by atoms with Crippen LogP contribution in [0.4, 0.5) is 0 Å². The Bertz CT molecular complexity index is 266. The van der Waals surface area contributed by atoms with E-state index in [1.807, 2.05) is 0 Å². The number of hydrogen-bond acceptors (Lipinski definition) is 4. The van der Waals surface area contributed by atoms with Crippen LogP contribution in [0.5, 0.6) is 0 Å². The van der Waals surface area contributed by atoms with Gasteiger partial charge in [-0.05, 0) is 32.2 Å². The maximum atomic E-state index is 6.08. The molecule has 0 saturated carbocycles. The molecule has 3 fully saturated rings. The molecule has 0 radical (unpaired) electrons. The van der Waals surface area contributed by atoms with Crippen LogP contribution in [-0.4, -0.2) is 55.5 Å². The third-order valence-electron chi connectivity index (χ3n) is 4.54. The van der Waals surface area contributed by atoms with E-state index in [0.717, 1.165) is 45.6 Å². The maximum Gasteiger partial charge on any atom is 0.0951 e. The molecule has 0 aromatic heterocycles. The van der Waals surface area contributed by atoms with Gasteiger partial charge in [-0.1, -0.05) is 0 Å². The number of nitrogens with two attached hydrogens (primary N) is 1. The van der Waals surface area contributed by atoms with Gasteiger partial charge in [0.2, 0.25) is 0 Å². The summed E-state index contributed by atoms with van der Waals surface area (Å²) < 4.78 is 11.5. The van der Waals surface area contributed by atoms with Crippen molar-refractivity contribution in [1.82, 2.24) is 4.90 Å². The van der Waals surface area contributed by atoms with Gasteiger partial charge in [-0.2, -0.15) is 0 Å².